The number of hydrogen-bond acceptors (Lipinski definition) is 1. The Kier molecular flexibility index (Phi) is 4.98. The standard InChI is InChI=1S/C23H24F4O/c1-3-5-13-6-8-14(9-7-13)17-12-15-10-11-16-18(4-2)23(26,27)28-22(16)19(15)21(25)20(17)24/h6-9,12,16,18,22H,3-5,10-11H2,1-2H3. The van der Waals surface area contributed by atoms with Gasteiger partial charge in [-0.05, 0) is 48.4 Å². The minimum atomic E-state index is -3.30. The van der Waals surface area contributed by atoms with Crippen LogP contribution in [0.3, 0.4) is 0 Å². The van der Waals surface area contributed by atoms with Crippen molar-refractivity contribution >= 4 is 0 Å². The zero-order chi connectivity index (χ0) is 20.1. The summed E-state index contributed by atoms with van der Waals surface area (Å²) in [5, 5.41) is 0. The number of aryl methyl sites for hydroxylation is 2. The van der Waals surface area contributed by atoms with E-state index in [9.17, 15) is 13.2 Å². The maximum atomic E-state index is 15.1. The Bertz CT molecular complexity index is 875. The van der Waals surface area contributed by atoms with E-state index in [1.807, 2.05) is 12.1 Å². The van der Waals surface area contributed by atoms with Crippen LogP contribution in [0.5, 0.6) is 0 Å². The van der Waals surface area contributed by atoms with Crippen molar-refractivity contribution in [1.29, 1.82) is 0 Å². The molecular weight excluding hydrogens is 368 g/mol. The van der Waals surface area contributed by atoms with E-state index in [0.717, 1.165) is 18.4 Å². The summed E-state index contributed by atoms with van der Waals surface area (Å²) in [5.74, 6) is -3.48. The second kappa shape index (κ2) is 7.18. The van der Waals surface area contributed by atoms with E-state index >= 15 is 4.39 Å². The third kappa shape index (κ3) is 3.04. The Labute approximate surface area is 162 Å². The summed E-state index contributed by atoms with van der Waals surface area (Å²) in [5.41, 5.74) is 2.45. The highest BCUT2D eigenvalue weighted by atomic mass is 19.3. The molecule has 0 bridgehead atoms. The predicted octanol–water partition coefficient (Wildman–Crippen LogP) is 6.84. The number of benzene rings is 2. The third-order valence-electron chi connectivity index (χ3n) is 6.23. The van der Waals surface area contributed by atoms with Gasteiger partial charge in [0.05, 0.1) is 12.0 Å². The van der Waals surface area contributed by atoms with Crippen LogP contribution < -0.4 is 0 Å². The number of ether oxygens (including phenoxy) is 1. The van der Waals surface area contributed by atoms with Gasteiger partial charge in [0.15, 0.2) is 11.6 Å². The fourth-order valence-corrected chi connectivity index (χ4v) is 4.85. The maximum Gasteiger partial charge on any atom is 0.359 e. The molecule has 0 aromatic heterocycles. The van der Waals surface area contributed by atoms with Gasteiger partial charge in [0.2, 0.25) is 0 Å². The van der Waals surface area contributed by atoms with E-state index in [1.165, 1.54) is 0 Å². The average Bonchev–Trinajstić information content (AvgIpc) is 2.94. The molecule has 1 saturated heterocycles. The highest BCUT2D eigenvalue weighted by Gasteiger charge is 2.58. The number of rotatable bonds is 4. The smallest absolute Gasteiger partial charge is 0.312 e. The van der Waals surface area contributed by atoms with E-state index in [0.29, 0.717) is 24.0 Å². The van der Waals surface area contributed by atoms with Crippen LogP contribution in [0.4, 0.5) is 17.6 Å². The SMILES string of the molecule is CCCc1ccc(-c2cc3c(c(F)c2F)C2OC(F)(F)C(CC)C2CC3)cc1. The van der Waals surface area contributed by atoms with Crippen molar-refractivity contribution in [3.63, 3.8) is 0 Å². The fourth-order valence-electron chi connectivity index (χ4n) is 4.85. The first-order valence-electron chi connectivity index (χ1n) is 10.0. The van der Waals surface area contributed by atoms with Crippen LogP contribution in [-0.2, 0) is 17.6 Å². The molecule has 2 aromatic carbocycles. The number of alkyl halides is 2. The van der Waals surface area contributed by atoms with Gasteiger partial charge in [0.1, 0.15) is 0 Å². The van der Waals surface area contributed by atoms with Gasteiger partial charge in [0, 0.05) is 17.0 Å². The van der Waals surface area contributed by atoms with Gasteiger partial charge in [-0.2, -0.15) is 8.78 Å². The molecule has 1 heterocycles. The van der Waals surface area contributed by atoms with E-state index in [1.54, 1.807) is 25.1 Å². The zero-order valence-corrected chi connectivity index (χ0v) is 16.1. The highest BCUT2D eigenvalue weighted by molar-refractivity contribution is 5.67. The Morgan fingerprint density at radius 1 is 1.07 bits per heavy atom. The molecule has 0 radical (unpaired) electrons. The van der Waals surface area contributed by atoms with Crippen LogP contribution in [0, 0.1) is 23.5 Å². The summed E-state index contributed by atoms with van der Waals surface area (Å²) in [4.78, 5) is 0. The predicted molar refractivity (Wildman–Crippen MR) is 100 cm³/mol. The first-order chi connectivity index (χ1) is 13.4. The van der Waals surface area contributed by atoms with Gasteiger partial charge < -0.3 is 4.74 Å². The van der Waals surface area contributed by atoms with Gasteiger partial charge in [-0.15, -0.1) is 0 Å². The van der Waals surface area contributed by atoms with Crippen molar-refractivity contribution in [3.05, 3.63) is 58.7 Å². The van der Waals surface area contributed by atoms with Crippen LogP contribution in [0.15, 0.2) is 30.3 Å². The maximum absolute atomic E-state index is 15.1. The van der Waals surface area contributed by atoms with Crippen molar-refractivity contribution in [3.8, 4) is 11.1 Å². The van der Waals surface area contributed by atoms with Crippen molar-refractivity contribution in [2.45, 2.75) is 58.2 Å². The van der Waals surface area contributed by atoms with E-state index in [2.05, 4.69) is 6.92 Å². The first kappa shape index (κ1) is 19.4. The molecule has 1 nitrogen and oxygen atoms in total. The van der Waals surface area contributed by atoms with Crippen LogP contribution in [0.2, 0.25) is 0 Å². The van der Waals surface area contributed by atoms with E-state index in [4.69, 9.17) is 4.74 Å². The monoisotopic (exact) mass is 392 g/mol. The molecule has 2 aromatic rings. The Hall–Kier alpha value is -1.88. The molecule has 0 N–H and O–H groups in total. The molecule has 1 aliphatic carbocycles. The van der Waals surface area contributed by atoms with Crippen molar-refractivity contribution < 1.29 is 22.3 Å². The van der Waals surface area contributed by atoms with Gasteiger partial charge >= 0.3 is 6.11 Å². The molecular formula is C23H24F4O. The molecule has 5 heteroatoms. The lowest BCUT2D eigenvalue weighted by Crippen LogP contribution is -2.27. The molecule has 28 heavy (non-hydrogen) atoms. The quantitative estimate of drug-likeness (QED) is 0.518. The van der Waals surface area contributed by atoms with Crippen LogP contribution in [-0.4, -0.2) is 6.11 Å². The summed E-state index contributed by atoms with van der Waals surface area (Å²) in [6.45, 7) is 3.76. The molecule has 1 fully saturated rings. The Balaban J connectivity index is 1.75. The molecule has 3 unspecified atom stereocenters. The molecule has 0 amide bonds. The average molecular weight is 392 g/mol. The van der Waals surface area contributed by atoms with Gasteiger partial charge in [-0.1, -0.05) is 44.5 Å². The number of halogens is 4. The second-order valence-corrected chi connectivity index (χ2v) is 7.89. The lowest BCUT2D eigenvalue weighted by Gasteiger charge is -2.29. The number of hydrogen-bond donors (Lipinski definition) is 0. The molecule has 0 spiro atoms. The molecule has 4 rings (SSSR count). The minimum Gasteiger partial charge on any atom is -0.312 e. The number of fused-ring (bicyclic) bond motifs is 3. The molecule has 2 aliphatic rings. The van der Waals surface area contributed by atoms with E-state index in [-0.39, 0.29) is 17.5 Å². The Morgan fingerprint density at radius 2 is 1.79 bits per heavy atom. The summed E-state index contributed by atoms with van der Waals surface area (Å²) < 4.78 is 63.4. The molecule has 150 valence electrons. The zero-order valence-electron chi connectivity index (χ0n) is 16.1. The van der Waals surface area contributed by atoms with Crippen LogP contribution in [0.25, 0.3) is 11.1 Å². The van der Waals surface area contributed by atoms with Gasteiger partial charge in [0.25, 0.3) is 0 Å². The minimum absolute atomic E-state index is 0.0178. The largest absolute Gasteiger partial charge is 0.359 e. The molecule has 1 aliphatic heterocycles. The lowest BCUT2D eigenvalue weighted by molar-refractivity contribution is -0.248. The summed E-state index contributed by atoms with van der Waals surface area (Å²) >= 11 is 0. The fraction of sp³-hybridized carbons (Fsp3) is 0.478. The van der Waals surface area contributed by atoms with Crippen molar-refractivity contribution in [2.24, 2.45) is 11.8 Å². The highest BCUT2D eigenvalue weighted by Crippen LogP contribution is 2.56. The lowest BCUT2D eigenvalue weighted by atomic mass is 9.75. The van der Waals surface area contributed by atoms with Gasteiger partial charge in [-0.3, -0.25) is 0 Å². The van der Waals surface area contributed by atoms with Gasteiger partial charge in [-0.25, -0.2) is 8.78 Å². The second-order valence-electron chi connectivity index (χ2n) is 7.89. The van der Waals surface area contributed by atoms with Crippen LogP contribution >= 0.6 is 0 Å². The summed E-state index contributed by atoms with van der Waals surface area (Å²) in [6, 6.07) is 9.01. The van der Waals surface area contributed by atoms with Crippen molar-refractivity contribution in [2.75, 3.05) is 0 Å². The van der Waals surface area contributed by atoms with Crippen LogP contribution in [0.1, 0.15) is 55.9 Å². The van der Waals surface area contributed by atoms with Crippen molar-refractivity contribution in [1.82, 2.24) is 0 Å². The third-order valence-corrected chi connectivity index (χ3v) is 6.23. The molecule has 3 atom stereocenters. The topological polar surface area (TPSA) is 9.23 Å². The summed E-state index contributed by atoms with van der Waals surface area (Å²) in [6.07, 6.45) is -1.27. The van der Waals surface area contributed by atoms with E-state index < -0.39 is 35.7 Å². The normalized spacial score (nSPS) is 25.4. The molecule has 0 saturated carbocycles. The Morgan fingerprint density at radius 3 is 2.43 bits per heavy atom. The summed E-state index contributed by atoms with van der Waals surface area (Å²) in [7, 11) is 0. The first-order valence-corrected chi connectivity index (χ1v) is 10.0.